The SMILES string of the molecule is CC(C)=C[C@H]1[C@@H](O)C(=O)N1C. The maximum absolute atomic E-state index is 10.8. The van der Waals surface area contributed by atoms with Crippen molar-refractivity contribution < 1.29 is 9.90 Å². The zero-order chi connectivity index (χ0) is 8.59. The number of aliphatic hydroxyl groups is 1. The largest absolute Gasteiger partial charge is 0.381 e. The van der Waals surface area contributed by atoms with Gasteiger partial charge in [0.25, 0.3) is 5.91 Å². The molecule has 1 amide bonds. The Balaban J connectivity index is 2.63. The van der Waals surface area contributed by atoms with Crippen LogP contribution in [-0.2, 0) is 4.79 Å². The summed E-state index contributed by atoms with van der Waals surface area (Å²) in [7, 11) is 1.69. The first-order chi connectivity index (χ1) is 5.04. The molecule has 1 fully saturated rings. The molecule has 1 aliphatic rings. The number of likely N-dealkylation sites (tertiary alicyclic amines) is 1. The zero-order valence-corrected chi connectivity index (χ0v) is 7.03. The molecule has 2 atom stereocenters. The van der Waals surface area contributed by atoms with Crippen molar-refractivity contribution in [2.45, 2.75) is 26.0 Å². The third kappa shape index (κ3) is 1.28. The molecule has 1 rings (SSSR count). The van der Waals surface area contributed by atoms with Gasteiger partial charge in [-0.2, -0.15) is 0 Å². The van der Waals surface area contributed by atoms with Gasteiger partial charge in [0.15, 0.2) is 6.10 Å². The van der Waals surface area contributed by atoms with Crippen LogP contribution in [0.15, 0.2) is 11.6 Å². The molecule has 0 saturated carbocycles. The van der Waals surface area contributed by atoms with E-state index in [4.69, 9.17) is 5.11 Å². The van der Waals surface area contributed by atoms with Gasteiger partial charge in [-0.25, -0.2) is 0 Å². The molecule has 62 valence electrons. The summed E-state index contributed by atoms with van der Waals surface area (Å²) >= 11 is 0. The summed E-state index contributed by atoms with van der Waals surface area (Å²) in [5.74, 6) is -0.187. The molecular formula is C8H13NO2. The van der Waals surface area contributed by atoms with Crippen LogP contribution in [0.2, 0.25) is 0 Å². The van der Waals surface area contributed by atoms with Crippen molar-refractivity contribution in [1.82, 2.24) is 4.90 Å². The predicted molar refractivity (Wildman–Crippen MR) is 42.0 cm³/mol. The summed E-state index contributed by atoms with van der Waals surface area (Å²) in [6, 6.07) is -0.104. The molecule has 3 heteroatoms. The molecule has 0 aromatic carbocycles. The molecule has 0 unspecified atom stereocenters. The lowest BCUT2D eigenvalue weighted by Crippen LogP contribution is -2.61. The van der Waals surface area contributed by atoms with E-state index in [1.54, 1.807) is 7.05 Å². The van der Waals surface area contributed by atoms with Crippen LogP contribution < -0.4 is 0 Å². The number of hydrogen-bond acceptors (Lipinski definition) is 2. The van der Waals surface area contributed by atoms with Crippen LogP contribution >= 0.6 is 0 Å². The first-order valence-corrected chi connectivity index (χ1v) is 3.64. The van der Waals surface area contributed by atoms with E-state index >= 15 is 0 Å². The lowest BCUT2D eigenvalue weighted by molar-refractivity contribution is -0.159. The Labute approximate surface area is 66.3 Å². The van der Waals surface area contributed by atoms with Gasteiger partial charge in [0.2, 0.25) is 0 Å². The second-order valence-corrected chi connectivity index (χ2v) is 3.13. The molecular weight excluding hydrogens is 142 g/mol. The molecule has 1 N–H and O–H groups in total. The molecule has 0 aromatic rings. The lowest BCUT2D eigenvalue weighted by atomic mass is 9.97. The van der Waals surface area contributed by atoms with Gasteiger partial charge in [0.05, 0.1) is 6.04 Å². The van der Waals surface area contributed by atoms with Gasteiger partial charge in [-0.3, -0.25) is 4.79 Å². The molecule has 3 nitrogen and oxygen atoms in total. The van der Waals surface area contributed by atoms with Crippen LogP contribution in [0, 0.1) is 0 Å². The van der Waals surface area contributed by atoms with Gasteiger partial charge in [-0.15, -0.1) is 0 Å². The summed E-state index contributed by atoms with van der Waals surface area (Å²) in [4.78, 5) is 12.3. The van der Waals surface area contributed by atoms with Crippen molar-refractivity contribution in [2.75, 3.05) is 7.05 Å². The van der Waals surface area contributed by atoms with Crippen LogP contribution in [0.25, 0.3) is 0 Å². The number of carbonyl (C=O) groups is 1. The van der Waals surface area contributed by atoms with Crippen molar-refractivity contribution in [3.8, 4) is 0 Å². The smallest absolute Gasteiger partial charge is 0.254 e. The third-order valence-electron chi connectivity index (χ3n) is 1.88. The van der Waals surface area contributed by atoms with E-state index in [1.807, 2.05) is 19.9 Å². The number of aliphatic hydroxyl groups excluding tert-OH is 1. The molecule has 0 radical (unpaired) electrons. The van der Waals surface area contributed by atoms with Crippen LogP contribution in [0.5, 0.6) is 0 Å². The molecule has 1 saturated heterocycles. The van der Waals surface area contributed by atoms with Crippen LogP contribution in [0.3, 0.4) is 0 Å². The number of rotatable bonds is 1. The Hall–Kier alpha value is -0.830. The van der Waals surface area contributed by atoms with E-state index in [-0.39, 0.29) is 11.9 Å². The second kappa shape index (κ2) is 2.66. The van der Waals surface area contributed by atoms with Crippen LogP contribution in [-0.4, -0.2) is 35.1 Å². The quantitative estimate of drug-likeness (QED) is 0.432. The summed E-state index contributed by atoms with van der Waals surface area (Å²) in [6.45, 7) is 3.90. The first kappa shape index (κ1) is 8.27. The number of hydrogen-bond donors (Lipinski definition) is 1. The van der Waals surface area contributed by atoms with E-state index in [2.05, 4.69) is 0 Å². The number of β-lactam (4-membered cyclic amide) rings is 1. The van der Waals surface area contributed by atoms with Gasteiger partial charge >= 0.3 is 0 Å². The molecule has 11 heavy (non-hydrogen) atoms. The monoisotopic (exact) mass is 155 g/mol. The minimum absolute atomic E-state index is 0.104. The average molecular weight is 155 g/mol. The fourth-order valence-electron chi connectivity index (χ4n) is 1.18. The highest BCUT2D eigenvalue weighted by atomic mass is 16.3. The minimum Gasteiger partial charge on any atom is -0.381 e. The average Bonchev–Trinajstić information content (AvgIpc) is 1.98. The fourth-order valence-corrected chi connectivity index (χ4v) is 1.18. The first-order valence-electron chi connectivity index (χ1n) is 3.64. The number of amides is 1. The Morgan fingerprint density at radius 1 is 1.64 bits per heavy atom. The molecule has 0 bridgehead atoms. The van der Waals surface area contributed by atoms with Crippen molar-refractivity contribution in [1.29, 1.82) is 0 Å². The highest BCUT2D eigenvalue weighted by Gasteiger charge is 2.41. The van der Waals surface area contributed by atoms with Crippen molar-refractivity contribution >= 4 is 5.91 Å². The van der Waals surface area contributed by atoms with E-state index in [1.165, 1.54) is 4.90 Å². The third-order valence-corrected chi connectivity index (χ3v) is 1.88. The van der Waals surface area contributed by atoms with Crippen molar-refractivity contribution in [2.24, 2.45) is 0 Å². The Morgan fingerprint density at radius 2 is 2.18 bits per heavy atom. The zero-order valence-electron chi connectivity index (χ0n) is 7.03. The van der Waals surface area contributed by atoms with Gasteiger partial charge < -0.3 is 10.0 Å². The van der Waals surface area contributed by atoms with Crippen LogP contribution in [0.4, 0.5) is 0 Å². The Bertz CT molecular complexity index is 194. The minimum atomic E-state index is -0.810. The molecule has 1 aliphatic heterocycles. The van der Waals surface area contributed by atoms with Gasteiger partial charge in [-0.05, 0) is 13.8 Å². The highest BCUT2D eigenvalue weighted by Crippen LogP contribution is 2.19. The van der Waals surface area contributed by atoms with E-state index in [0.29, 0.717) is 0 Å². The number of nitrogens with zero attached hydrogens (tertiary/aromatic N) is 1. The summed E-state index contributed by atoms with van der Waals surface area (Å²) in [5, 5.41) is 9.16. The van der Waals surface area contributed by atoms with E-state index in [9.17, 15) is 4.79 Å². The molecule has 0 aliphatic carbocycles. The van der Waals surface area contributed by atoms with Gasteiger partial charge in [0, 0.05) is 7.05 Å². The number of allylic oxidation sites excluding steroid dienone is 1. The molecule has 0 aromatic heterocycles. The molecule has 0 spiro atoms. The number of carbonyl (C=O) groups excluding carboxylic acids is 1. The lowest BCUT2D eigenvalue weighted by Gasteiger charge is -2.40. The van der Waals surface area contributed by atoms with Gasteiger partial charge in [0.1, 0.15) is 0 Å². The normalized spacial score (nSPS) is 29.8. The van der Waals surface area contributed by atoms with Crippen molar-refractivity contribution in [3.63, 3.8) is 0 Å². The second-order valence-electron chi connectivity index (χ2n) is 3.13. The van der Waals surface area contributed by atoms with Crippen LogP contribution in [0.1, 0.15) is 13.8 Å². The number of likely N-dealkylation sites (N-methyl/N-ethyl adjacent to an activating group) is 1. The Morgan fingerprint density at radius 3 is 2.55 bits per heavy atom. The predicted octanol–water partition coefficient (Wildman–Crippen LogP) is 0.154. The summed E-state index contributed by atoms with van der Waals surface area (Å²) < 4.78 is 0. The Kier molecular flexibility index (Phi) is 2.00. The standard InChI is InChI=1S/C8H13NO2/c1-5(2)4-6-7(10)8(11)9(6)3/h4,6-7,10H,1-3H3/t6-,7+/m0/s1. The molecule has 1 heterocycles. The topological polar surface area (TPSA) is 40.5 Å². The highest BCUT2D eigenvalue weighted by molar-refractivity contribution is 5.88. The van der Waals surface area contributed by atoms with E-state index < -0.39 is 6.10 Å². The maximum atomic E-state index is 10.8. The van der Waals surface area contributed by atoms with E-state index in [0.717, 1.165) is 5.57 Å². The van der Waals surface area contributed by atoms with Crippen molar-refractivity contribution in [3.05, 3.63) is 11.6 Å². The van der Waals surface area contributed by atoms with Gasteiger partial charge in [-0.1, -0.05) is 11.6 Å². The summed E-state index contributed by atoms with van der Waals surface area (Å²) in [5.41, 5.74) is 1.12. The maximum Gasteiger partial charge on any atom is 0.254 e. The fraction of sp³-hybridized carbons (Fsp3) is 0.625. The summed E-state index contributed by atoms with van der Waals surface area (Å²) in [6.07, 6.45) is 1.08.